The zero-order chi connectivity index (χ0) is 26.7. The summed E-state index contributed by atoms with van der Waals surface area (Å²) in [5, 5.41) is 4.85. The second-order valence-corrected chi connectivity index (χ2v) is 9.29. The van der Waals surface area contributed by atoms with Crippen molar-refractivity contribution < 1.29 is 27.7 Å². The van der Waals surface area contributed by atoms with Gasteiger partial charge in [-0.05, 0) is 31.2 Å². The van der Waals surface area contributed by atoms with Crippen LogP contribution in [0.2, 0.25) is 10.0 Å². The Balaban J connectivity index is 1.71. The number of carbonyl (C=O) groups is 2. The number of hydrogen-bond donors (Lipinski definition) is 0. The van der Waals surface area contributed by atoms with Gasteiger partial charge in [-0.15, -0.1) is 0 Å². The molecule has 2 aromatic heterocycles. The first-order valence-corrected chi connectivity index (χ1v) is 12.2. The second-order valence-electron chi connectivity index (χ2n) is 7.38. The van der Waals surface area contributed by atoms with Crippen LogP contribution in [-0.2, 0) is 16.1 Å². The van der Waals surface area contributed by atoms with Crippen LogP contribution in [0.3, 0.4) is 0 Å². The van der Waals surface area contributed by atoms with Crippen molar-refractivity contribution in [2.75, 3.05) is 11.5 Å². The van der Waals surface area contributed by atoms with Gasteiger partial charge in [0.15, 0.2) is 16.4 Å². The molecule has 9 nitrogen and oxygen atoms in total. The molecule has 2 aromatic carbocycles. The normalized spacial score (nSPS) is 11.1. The smallest absolute Gasteiger partial charge is 0.460 e. The minimum absolute atomic E-state index is 0.0296. The van der Waals surface area contributed by atoms with Gasteiger partial charge >= 0.3 is 11.8 Å². The molecule has 4 aromatic rings. The number of rotatable bonds is 8. The lowest BCUT2D eigenvalue weighted by Crippen LogP contribution is -2.34. The van der Waals surface area contributed by atoms with Crippen LogP contribution >= 0.6 is 46.4 Å². The minimum atomic E-state index is -1.47. The molecule has 0 radical (unpaired) electrons. The number of anilines is 1. The summed E-state index contributed by atoms with van der Waals surface area (Å²) in [6.45, 7) is 1.20. The summed E-state index contributed by atoms with van der Waals surface area (Å²) >= 11 is 24.3. The highest BCUT2D eigenvalue weighted by Gasteiger charge is 2.29. The first kappa shape index (κ1) is 26.8. The van der Waals surface area contributed by atoms with Crippen LogP contribution in [0.15, 0.2) is 66.7 Å². The van der Waals surface area contributed by atoms with Gasteiger partial charge in [-0.25, -0.2) is 9.59 Å². The molecule has 0 aliphatic carbocycles. The number of halogens is 4. The molecule has 192 valence electrons. The van der Waals surface area contributed by atoms with Crippen molar-refractivity contribution in [2.45, 2.75) is 18.3 Å². The van der Waals surface area contributed by atoms with Gasteiger partial charge in [0.25, 0.3) is 11.7 Å². The summed E-state index contributed by atoms with van der Waals surface area (Å²) in [5.41, 5.74) is 1.73. The van der Waals surface area contributed by atoms with Crippen molar-refractivity contribution in [1.29, 1.82) is 0 Å². The minimum Gasteiger partial charge on any atom is -0.460 e. The molecule has 0 saturated heterocycles. The van der Waals surface area contributed by atoms with Crippen LogP contribution in [0.1, 0.15) is 23.2 Å². The Morgan fingerprint density at radius 3 is 2.43 bits per heavy atom. The maximum absolute atomic E-state index is 12.9. The third-order valence-corrected chi connectivity index (χ3v) is 6.04. The lowest BCUT2D eigenvalue weighted by Gasteiger charge is -2.22. The molecule has 0 aliphatic heterocycles. The number of aromatic nitrogens is 1. The molecule has 0 fully saturated rings. The average molecular weight is 586 g/mol. The van der Waals surface area contributed by atoms with Crippen LogP contribution < -0.4 is 10.7 Å². The summed E-state index contributed by atoms with van der Waals surface area (Å²) in [7, 11) is 0. The highest BCUT2D eigenvalue weighted by molar-refractivity contribution is 6.54. The van der Waals surface area contributed by atoms with Crippen LogP contribution in [0.25, 0.3) is 22.6 Å². The Morgan fingerprint density at radius 2 is 1.76 bits per heavy atom. The number of benzene rings is 2. The molecule has 0 N–H and O–H groups in total. The van der Waals surface area contributed by atoms with Gasteiger partial charge in [-0.3, -0.25) is 4.79 Å². The summed E-state index contributed by atoms with van der Waals surface area (Å²) in [5.74, 6) is -3.19. The molecule has 2 heterocycles. The Labute approximate surface area is 229 Å². The van der Waals surface area contributed by atoms with E-state index in [0.29, 0.717) is 38.3 Å². The molecular weight excluding hydrogens is 570 g/mol. The molecule has 4 rings (SSSR count). The van der Waals surface area contributed by atoms with Crippen LogP contribution in [-0.4, -0.2) is 28.5 Å². The molecule has 13 heteroatoms. The zero-order valence-corrected chi connectivity index (χ0v) is 21.9. The first-order chi connectivity index (χ1) is 17.7. The van der Waals surface area contributed by atoms with E-state index >= 15 is 0 Å². The number of nitrogens with zero attached hydrogens (tertiary/aromatic N) is 2. The van der Waals surface area contributed by atoms with Crippen molar-refractivity contribution in [3.05, 3.63) is 80.7 Å². The van der Waals surface area contributed by atoms with E-state index in [1.165, 1.54) is 0 Å². The van der Waals surface area contributed by atoms with Gasteiger partial charge in [0, 0.05) is 22.9 Å². The Bertz CT molecular complexity index is 1490. The molecule has 37 heavy (non-hydrogen) atoms. The summed E-state index contributed by atoms with van der Waals surface area (Å²) in [6, 6.07) is 13.2. The fraction of sp³-hybridized carbons (Fsp3) is 0.167. The second kappa shape index (κ2) is 11.4. The van der Waals surface area contributed by atoms with Crippen molar-refractivity contribution >= 4 is 64.0 Å². The average Bonchev–Trinajstić information content (AvgIpc) is 3.49. The van der Waals surface area contributed by atoms with E-state index in [2.05, 4.69) is 5.16 Å². The molecule has 0 bridgehead atoms. The van der Waals surface area contributed by atoms with Crippen molar-refractivity contribution in [1.82, 2.24) is 5.16 Å². The Hall–Kier alpha value is -3.24. The summed E-state index contributed by atoms with van der Waals surface area (Å²) in [6.07, 6.45) is 0. The molecule has 0 unspecified atom stereocenters. The van der Waals surface area contributed by atoms with Gasteiger partial charge in [-0.2, -0.15) is 0 Å². The molecule has 0 atom stereocenters. The van der Waals surface area contributed by atoms with Crippen LogP contribution in [0.4, 0.5) is 5.69 Å². The van der Waals surface area contributed by atoms with Gasteiger partial charge in [0.05, 0.1) is 23.2 Å². The topological polar surface area (TPSA) is 116 Å². The van der Waals surface area contributed by atoms with Crippen LogP contribution in [0.5, 0.6) is 0 Å². The summed E-state index contributed by atoms with van der Waals surface area (Å²) in [4.78, 5) is 36.5. The molecule has 0 saturated carbocycles. The SMILES string of the molecule is CCOC(=O)c1oc(=O)oc1CN(C(=O)C(Cl)Cl)c1cccc(-c2cc(-c3c(Cl)cccc3Cl)no2)c1. The van der Waals surface area contributed by atoms with Crippen LogP contribution in [0, 0.1) is 0 Å². The fourth-order valence-corrected chi connectivity index (χ4v) is 4.25. The first-order valence-electron chi connectivity index (χ1n) is 10.6. The lowest BCUT2D eigenvalue weighted by atomic mass is 10.1. The van der Waals surface area contributed by atoms with Crippen molar-refractivity contribution in [2.24, 2.45) is 0 Å². The van der Waals surface area contributed by atoms with E-state index in [4.69, 9.17) is 64.5 Å². The quantitative estimate of drug-likeness (QED) is 0.173. The number of ether oxygens (including phenoxy) is 1. The Morgan fingerprint density at radius 1 is 1.05 bits per heavy atom. The fourth-order valence-electron chi connectivity index (χ4n) is 3.42. The molecular formula is C24H16Cl4N2O7. The van der Waals surface area contributed by atoms with Crippen molar-refractivity contribution in [3.63, 3.8) is 0 Å². The van der Waals surface area contributed by atoms with E-state index in [-0.39, 0.29) is 12.4 Å². The maximum atomic E-state index is 12.9. The van der Waals surface area contributed by atoms with E-state index in [1.54, 1.807) is 55.5 Å². The van der Waals surface area contributed by atoms with Gasteiger partial charge in [0.1, 0.15) is 5.69 Å². The van der Waals surface area contributed by atoms with E-state index < -0.39 is 34.8 Å². The summed E-state index contributed by atoms with van der Waals surface area (Å²) < 4.78 is 20.2. The molecule has 1 amide bonds. The number of alkyl halides is 2. The number of carbonyl (C=O) groups excluding carboxylic acids is 2. The highest BCUT2D eigenvalue weighted by Crippen LogP contribution is 2.36. The lowest BCUT2D eigenvalue weighted by molar-refractivity contribution is -0.117. The molecule has 0 spiro atoms. The van der Waals surface area contributed by atoms with Gasteiger partial charge < -0.3 is 23.0 Å². The van der Waals surface area contributed by atoms with E-state index in [0.717, 1.165) is 4.90 Å². The van der Waals surface area contributed by atoms with Crippen molar-refractivity contribution in [3.8, 4) is 22.6 Å². The largest absolute Gasteiger partial charge is 0.519 e. The van der Waals surface area contributed by atoms with Gasteiger partial charge in [0.2, 0.25) is 0 Å². The zero-order valence-electron chi connectivity index (χ0n) is 18.9. The molecule has 0 aliphatic rings. The number of esters is 1. The maximum Gasteiger partial charge on any atom is 0.519 e. The van der Waals surface area contributed by atoms with Gasteiger partial charge in [-0.1, -0.05) is 69.8 Å². The Kier molecular flexibility index (Phi) is 8.29. The van der Waals surface area contributed by atoms with E-state index in [1.807, 2.05) is 0 Å². The predicted octanol–water partition coefficient (Wildman–Crippen LogP) is 6.38. The number of hydrogen-bond acceptors (Lipinski definition) is 8. The van der Waals surface area contributed by atoms with E-state index in [9.17, 15) is 14.4 Å². The standard InChI is InChI=1S/C24H16Cl4N2O7/c1-2-34-23(32)20-18(35-24(33)36-20)11-30(22(31)21(27)28)13-6-3-5-12(9-13)17-10-16(29-37-17)19-14(25)7-4-8-15(19)26/h3-10,21H,2,11H2,1H3. The third kappa shape index (κ3) is 5.86. The highest BCUT2D eigenvalue weighted by atomic mass is 35.5. The predicted molar refractivity (Wildman–Crippen MR) is 137 cm³/mol. The monoisotopic (exact) mass is 584 g/mol. The number of amides is 1. The third-order valence-electron chi connectivity index (χ3n) is 5.03.